The third-order valence-electron chi connectivity index (χ3n) is 3.46. The van der Waals surface area contributed by atoms with Gasteiger partial charge >= 0.3 is 6.18 Å². The van der Waals surface area contributed by atoms with Crippen molar-refractivity contribution in [2.75, 3.05) is 13.1 Å². The van der Waals surface area contributed by atoms with E-state index in [1.165, 1.54) is 18.2 Å². The second-order valence-corrected chi connectivity index (χ2v) is 5.01. The molecule has 0 saturated carbocycles. The summed E-state index contributed by atoms with van der Waals surface area (Å²) in [7, 11) is 0. The maximum atomic E-state index is 12.7. The van der Waals surface area contributed by atoms with E-state index in [0.717, 1.165) is 6.07 Å². The number of carbonyl (C=O) groups excluding carboxylic acids is 1. The minimum absolute atomic E-state index is 0.117. The van der Waals surface area contributed by atoms with Crippen LogP contribution in [0, 0.1) is 18.3 Å². The lowest BCUT2D eigenvalue weighted by Crippen LogP contribution is -2.48. The molecule has 1 aliphatic rings. The molecule has 0 unspecified atom stereocenters. The van der Waals surface area contributed by atoms with Crippen LogP contribution in [0.4, 0.5) is 13.2 Å². The van der Waals surface area contributed by atoms with Gasteiger partial charge in [0.2, 0.25) is 5.91 Å². The standard InChI is InChI=1S/C17H14F3NO/c1-3-14-9-12(7-8-15(14)17(18,19)20)5-6-13-10-21(11-13)16(22)4-2/h1,4-9,13H,2,10-11H2/b6-5+. The van der Waals surface area contributed by atoms with Crippen molar-refractivity contribution in [1.82, 2.24) is 4.90 Å². The van der Waals surface area contributed by atoms with Crippen molar-refractivity contribution in [1.29, 1.82) is 0 Å². The van der Waals surface area contributed by atoms with Crippen LogP contribution >= 0.6 is 0 Å². The van der Waals surface area contributed by atoms with Crippen LogP contribution in [0.1, 0.15) is 16.7 Å². The van der Waals surface area contributed by atoms with Gasteiger partial charge in [0.1, 0.15) is 0 Å². The van der Waals surface area contributed by atoms with E-state index in [1.54, 1.807) is 11.0 Å². The van der Waals surface area contributed by atoms with Crippen LogP contribution in [-0.4, -0.2) is 23.9 Å². The fraction of sp³-hybridized carbons (Fsp3) is 0.235. The van der Waals surface area contributed by atoms with Crippen molar-refractivity contribution in [3.63, 3.8) is 0 Å². The van der Waals surface area contributed by atoms with Crippen molar-refractivity contribution in [2.24, 2.45) is 5.92 Å². The monoisotopic (exact) mass is 305 g/mol. The molecule has 1 aromatic rings. The molecule has 0 aromatic heterocycles. The summed E-state index contributed by atoms with van der Waals surface area (Å²) in [4.78, 5) is 12.9. The van der Waals surface area contributed by atoms with Gasteiger partial charge < -0.3 is 4.90 Å². The number of carbonyl (C=O) groups is 1. The Morgan fingerprint density at radius 3 is 2.64 bits per heavy atom. The van der Waals surface area contributed by atoms with Gasteiger partial charge in [-0.1, -0.05) is 30.7 Å². The van der Waals surface area contributed by atoms with Crippen molar-refractivity contribution >= 4 is 12.0 Å². The Hall–Kier alpha value is -2.48. The van der Waals surface area contributed by atoms with E-state index in [1.807, 2.05) is 6.08 Å². The molecule has 114 valence electrons. The molecular weight excluding hydrogens is 291 g/mol. The quantitative estimate of drug-likeness (QED) is 0.619. The molecular formula is C17H14F3NO. The van der Waals surface area contributed by atoms with Gasteiger partial charge in [-0.15, -0.1) is 6.42 Å². The summed E-state index contributed by atoms with van der Waals surface area (Å²) in [5.41, 5.74) is -0.375. The summed E-state index contributed by atoms with van der Waals surface area (Å²) in [5.74, 6) is 2.15. The largest absolute Gasteiger partial charge is 0.417 e. The van der Waals surface area contributed by atoms with Gasteiger partial charge in [0.05, 0.1) is 5.56 Å². The average Bonchev–Trinajstić information content (AvgIpc) is 2.43. The second-order valence-electron chi connectivity index (χ2n) is 5.01. The molecule has 0 aliphatic carbocycles. The highest BCUT2D eigenvalue weighted by atomic mass is 19.4. The predicted molar refractivity (Wildman–Crippen MR) is 78.7 cm³/mol. The highest BCUT2D eigenvalue weighted by Crippen LogP contribution is 2.32. The fourth-order valence-corrected chi connectivity index (χ4v) is 2.22. The lowest BCUT2D eigenvalue weighted by molar-refractivity contribution is -0.137. The summed E-state index contributed by atoms with van der Waals surface area (Å²) in [6.45, 7) is 4.58. The van der Waals surface area contributed by atoms with E-state index in [4.69, 9.17) is 6.42 Å². The lowest BCUT2D eigenvalue weighted by Gasteiger charge is -2.37. The van der Waals surface area contributed by atoms with Crippen LogP contribution < -0.4 is 0 Å². The summed E-state index contributed by atoms with van der Waals surface area (Å²) in [5, 5.41) is 0. The zero-order chi connectivity index (χ0) is 16.3. The van der Waals surface area contributed by atoms with Crippen molar-refractivity contribution in [2.45, 2.75) is 6.18 Å². The SMILES string of the molecule is C#Cc1cc(/C=C/C2CN(C(=O)C=C)C2)ccc1C(F)(F)F. The normalized spacial score (nSPS) is 15.5. The van der Waals surface area contributed by atoms with Gasteiger partial charge in [-0.2, -0.15) is 13.2 Å². The zero-order valence-corrected chi connectivity index (χ0v) is 11.7. The number of halogens is 3. The molecule has 1 amide bonds. The van der Waals surface area contributed by atoms with Crippen LogP contribution in [0.3, 0.4) is 0 Å². The van der Waals surface area contributed by atoms with Gasteiger partial charge in [0.15, 0.2) is 0 Å². The van der Waals surface area contributed by atoms with E-state index in [2.05, 4.69) is 12.5 Å². The minimum Gasteiger partial charge on any atom is -0.338 e. The van der Waals surface area contributed by atoms with Gasteiger partial charge in [0.25, 0.3) is 0 Å². The number of hydrogen-bond acceptors (Lipinski definition) is 1. The second kappa shape index (κ2) is 6.10. The van der Waals surface area contributed by atoms with E-state index in [9.17, 15) is 18.0 Å². The number of nitrogens with zero attached hydrogens (tertiary/aromatic N) is 1. The summed E-state index contributed by atoms with van der Waals surface area (Å²) in [6, 6.07) is 3.71. The summed E-state index contributed by atoms with van der Waals surface area (Å²) < 4.78 is 38.2. The Bertz CT molecular complexity index is 661. The molecule has 0 atom stereocenters. The van der Waals surface area contributed by atoms with Crippen molar-refractivity contribution in [3.8, 4) is 12.3 Å². The van der Waals surface area contributed by atoms with Gasteiger partial charge in [-0.3, -0.25) is 4.79 Å². The summed E-state index contributed by atoms with van der Waals surface area (Å²) >= 11 is 0. The van der Waals surface area contributed by atoms with Gasteiger partial charge in [-0.25, -0.2) is 0 Å². The third-order valence-corrected chi connectivity index (χ3v) is 3.46. The van der Waals surface area contributed by atoms with Crippen LogP contribution in [0.5, 0.6) is 0 Å². The number of benzene rings is 1. The summed E-state index contributed by atoms with van der Waals surface area (Å²) in [6.07, 6.45) is 5.55. The number of rotatable bonds is 3. The maximum absolute atomic E-state index is 12.7. The first-order valence-electron chi connectivity index (χ1n) is 6.62. The van der Waals surface area contributed by atoms with E-state index in [0.29, 0.717) is 18.7 Å². The minimum atomic E-state index is -4.45. The van der Waals surface area contributed by atoms with Crippen LogP contribution in [-0.2, 0) is 11.0 Å². The highest BCUT2D eigenvalue weighted by molar-refractivity contribution is 5.87. The van der Waals surface area contributed by atoms with Crippen molar-refractivity contribution in [3.05, 3.63) is 53.6 Å². The Balaban J connectivity index is 2.06. The van der Waals surface area contributed by atoms with Crippen LogP contribution in [0.25, 0.3) is 6.08 Å². The average molecular weight is 305 g/mol. The molecule has 1 aliphatic heterocycles. The van der Waals surface area contributed by atoms with Crippen molar-refractivity contribution < 1.29 is 18.0 Å². The smallest absolute Gasteiger partial charge is 0.338 e. The lowest BCUT2D eigenvalue weighted by atomic mass is 9.97. The third kappa shape index (κ3) is 3.40. The van der Waals surface area contributed by atoms with E-state index in [-0.39, 0.29) is 17.4 Å². The Kier molecular flexibility index (Phi) is 4.41. The van der Waals surface area contributed by atoms with Crippen LogP contribution in [0.2, 0.25) is 0 Å². The molecule has 1 heterocycles. The Labute approximate surface area is 126 Å². The van der Waals surface area contributed by atoms with E-state index < -0.39 is 11.7 Å². The molecule has 22 heavy (non-hydrogen) atoms. The Morgan fingerprint density at radius 2 is 2.09 bits per heavy atom. The number of alkyl halides is 3. The molecule has 0 N–H and O–H groups in total. The fourth-order valence-electron chi connectivity index (χ4n) is 2.22. The Morgan fingerprint density at radius 1 is 1.41 bits per heavy atom. The molecule has 2 nitrogen and oxygen atoms in total. The van der Waals surface area contributed by atoms with Gasteiger partial charge in [0, 0.05) is 24.6 Å². The molecule has 0 bridgehead atoms. The first-order valence-corrected chi connectivity index (χ1v) is 6.62. The predicted octanol–water partition coefficient (Wildman–Crippen LogP) is 3.34. The zero-order valence-electron chi connectivity index (χ0n) is 11.7. The maximum Gasteiger partial charge on any atom is 0.417 e. The number of terminal acetylenes is 1. The molecule has 1 aromatic carbocycles. The molecule has 5 heteroatoms. The highest BCUT2D eigenvalue weighted by Gasteiger charge is 2.33. The molecule has 2 rings (SSSR count). The number of likely N-dealkylation sites (tertiary alicyclic amines) is 1. The first-order chi connectivity index (χ1) is 10.3. The number of hydrogen-bond donors (Lipinski definition) is 0. The van der Waals surface area contributed by atoms with E-state index >= 15 is 0 Å². The van der Waals surface area contributed by atoms with Gasteiger partial charge in [-0.05, 0) is 23.8 Å². The molecule has 1 saturated heterocycles. The molecule has 0 radical (unpaired) electrons. The molecule has 0 spiro atoms. The topological polar surface area (TPSA) is 20.3 Å². The number of amides is 1. The van der Waals surface area contributed by atoms with Crippen LogP contribution in [0.15, 0.2) is 36.9 Å². The molecule has 1 fully saturated rings. The first kappa shape index (κ1) is 15.9.